The predicted molar refractivity (Wildman–Crippen MR) is 61.3 cm³/mol. The molecule has 0 aromatic carbocycles. The number of carbonyl (C=O) groups is 1. The highest BCUT2D eigenvalue weighted by molar-refractivity contribution is 6.27. The first-order valence-corrected chi connectivity index (χ1v) is 5.26. The van der Waals surface area contributed by atoms with Gasteiger partial charge in [-0.25, -0.2) is 0 Å². The van der Waals surface area contributed by atoms with Crippen molar-refractivity contribution in [3.8, 4) is 0 Å². The standard InChI is InChI=1S/C9H17ClN2O.ClH/c1-8(2)11-3-5-12(6-4-11)9(13)7-10;/h8H,3-7H2,1-2H3;1H. The van der Waals surface area contributed by atoms with Crippen LogP contribution in [0.1, 0.15) is 13.8 Å². The Bertz CT molecular complexity index is 180. The molecule has 0 aromatic heterocycles. The molecule has 1 fully saturated rings. The van der Waals surface area contributed by atoms with E-state index in [4.69, 9.17) is 11.6 Å². The van der Waals surface area contributed by atoms with E-state index in [1.807, 2.05) is 4.90 Å². The zero-order valence-corrected chi connectivity index (χ0v) is 10.3. The lowest BCUT2D eigenvalue weighted by molar-refractivity contribution is -0.130. The molecule has 1 aliphatic rings. The second-order valence-corrected chi connectivity index (χ2v) is 3.91. The highest BCUT2D eigenvalue weighted by atomic mass is 35.5. The number of amides is 1. The Morgan fingerprint density at radius 2 is 1.79 bits per heavy atom. The van der Waals surface area contributed by atoms with Crippen molar-refractivity contribution in [1.82, 2.24) is 9.80 Å². The summed E-state index contributed by atoms with van der Waals surface area (Å²) in [6.45, 7) is 7.95. The van der Waals surface area contributed by atoms with Crippen molar-refractivity contribution in [1.29, 1.82) is 0 Å². The number of rotatable bonds is 2. The van der Waals surface area contributed by atoms with Gasteiger partial charge in [-0.2, -0.15) is 0 Å². The Labute approximate surface area is 96.8 Å². The van der Waals surface area contributed by atoms with E-state index in [1.54, 1.807) is 0 Å². The van der Waals surface area contributed by atoms with Gasteiger partial charge in [0.2, 0.25) is 5.91 Å². The topological polar surface area (TPSA) is 23.6 Å². The Morgan fingerprint density at radius 1 is 1.29 bits per heavy atom. The first-order valence-electron chi connectivity index (χ1n) is 4.73. The molecule has 0 aromatic rings. The summed E-state index contributed by atoms with van der Waals surface area (Å²) in [6.07, 6.45) is 0. The van der Waals surface area contributed by atoms with Gasteiger partial charge in [0.05, 0.1) is 0 Å². The zero-order chi connectivity index (χ0) is 9.84. The number of carbonyl (C=O) groups excluding carboxylic acids is 1. The lowest BCUT2D eigenvalue weighted by atomic mass is 10.2. The Hall–Kier alpha value is 0.01000. The second kappa shape index (κ2) is 6.49. The number of nitrogens with zero attached hydrogens (tertiary/aromatic N) is 2. The molecule has 0 atom stereocenters. The number of piperazine rings is 1. The molecule has 84 valence electrons. The molecule has 0 unspecified atom stereocenters. The molecule has 1 saturated heterocycles. The largest absolute Gasteiger partial charge is 0.339 e. The van der Waals surface area contributed by atoms with Crippen molar-refractivity contribution in [2.24, 2.45) is 0 Å². The maximum atomic E-state index is 11.2. The third-order valence-electron chi connectivity index (χ3n) is 2.51. The van der Waals surface area contributed by atoms with Gasteiger partial charge in [-0.1, -0.05) is 0 Å². The van der Waals surface area contributed by atoms with Gasteiger partial charge in [-0.3, -0.25) is 9.69 Å². The minimum atomic E-state index is 0. The minimum absolute atomic E-state index is 0. The Balaban J connectivity index is 0.00000169. The molecular formula is C9H18Cl2N2O. The van der Waals surface area contributed by atoms with E-state index in [0.717, 1.165) is 26.2 Å². The van der Waals surface area contributed by atoms with Gasteiger partial charge < -0.3 is 4.90 Å². The number of hydrogen-bond acceptors (Lipinski definition) is 2. The molecule has 14 heavy (non-hydrogen) atoms. The van der Waals surface area contributed by atoms with Crippen molar-refractivity contribution < 1.29 is 4.79 Å². The van der Waals surface area contributed by atoms with E-state index in [2.05, 4.69) is 18.7 Å². The normalized spacial score (nSPS) is 18.1. The van der Waals surface area contributed by atoms with Crippen molar-refractivity contribution >= 4 is 29.9 Å². The van der Waals surface area contributed by atoms with Crippen LogP contribution in [0, 0.1) is 0 Å². The van der Waals surface area contributed by atoms with Gasteiger partial charge in [-0.05, 0) is 13.8 Å². The van der Waals surface area contributed by atoms with Crippen LogP contribution in [0.4, 0.5) is 0 Å². The highest BCUT2D eigenvalue weighted by Gasteiger charge is 2.21. The number of halogens is 2. The van der Waals surface area contributed by atoms with Crippen LogP contribution in [0.25, 0.3) is 0 Å². The molecule has 1 rings (SSSR count). The molecular weight excluding hydrogens is 223 g/mol. The lowest BCUT2D eigenvalue weighted by Gasteiger charge is -2.36. The predicted octanol–water partition coefficient (Wildman–Crippen LogP) is 1.20. The minimum Gasteiger partial charge on any atom is -0.339 e. The molecule has 1 aliphatic heterocycles. The first kappa shape index (κ1) is 14.0. The highest BCUT2D eigenvalue weighted by Crippen LogP contribution is 2.06. The fourth-order valence-corrected chi connectivity index (χ4v) is 1.74. The second-order valence-electron chi connectivity index (χ2n) is 3.64. The lowest BCUT2D eigenvalue weighted by Crippen LogP contribution is -2.51. The van der Waals surface area contributed by atoms with Crippen LogP contribution in [-0.4, -0.2) is 53.8 Å². The smallest absolute Gasteiger partial charge is 0.237 e. The molecule has 0 aliphatic carbocycles. The van der Waals surface area contributed by atoms with E-state index in [-0.39, 0.29) is 24.2 Å². The quantitative estimate of drug-likeness (QED) is 0.678. The van der Waals surface area contributed by atoms with E-state index in [0.29, 0.717) is 6.04 Å². The summed E-state index contributed by atoms with van der Waals surface area (Å²) < 4.78 is 0. The molecule has 0 spiro atoms. The summed E-state index contributed by atoms with van der Waals surface area (Å²) in [5, 5.41) is 0. The number of alkyl halides is 1. The third kappa shape index (κ3) is 3.64. The molecule has 1 amide bonds. The SMILES string of the molecule is CC(C)N1CCN(C(=O)CCl)CC1.Cl. The molecule has 0 N–H and O–H groups in total. The average Bonchev–Trinajstić information content (AvgIpc) is 2.17. The van der Waals surface area contributed by atoms with Gasteiger partial charge in [0.15, 0.2) is 0 Å². The summed E-state index contributed by atoms with van der Waals surface area (Å²) in [5.74, 6) is 0.173. The van der Waals surface area contributed by atoms with Gasteiger partial charge in [0.1, 0.15) is 5.88 Å². The molecule has 0 saturated carbocycles. The van der Waals surface area contributed by atoms with Crippen LogP contribution in [0.3, 0.4) is 0 Å². The summed E-state index contributed by atoms with van der Waals surface area (Å²) >= 11 is 5.48. The third-order valence-corrected chi connectivity index (χ3v) is 2.74. The summed E-state index contributed by atoms with van der Waals surface area (Å²) in [7, 11) is 0. The molecule has 0 radical (unpaired) electrons. The van der Waals surface area contributed by atoms with Gasteiger partial charge >= 0.3 is 0 Å². The van der Waals surface area contributed by atoms with Gasteiger partial charge in [0, 0.05) is 32.2 Å². The van der Waals surface area contributed by atoms with Crippen LogP contribution >= 0.6 is 24.0 Å². The van der Waals surface area contributed by atoms with Crippen molar-refractivity contribution in [3.05, 3.63) is 0 Å². The number of hydrogen-bond donors (Lipinski definition) is 0. The van der Waals surface area contributed by atoms with E-state index < -0.39 is 0 Å². The van der Waals surface area contributed by atoms with Crippen LogP contribution < -0.4 is 0 Å². The maximum absolute atomic E-state index is 11.2. The fraction of sp³-hybridized carbons (Fsp3) is 0.889. The van der Waals surface area contributed by atoms with E-state index in [9.17, 15) is 4.79 Å². The molecule has 5 heteroatoms. The summed E-state index contributed by atoms with van der Waals surface area (Å²) in [5.41, 5.74) is 0. The van der Waals surface area contributed by atoms with Crippen LogP contribution in [0.2, 0.25) is 0 Å². The monoisotopic (exact) mass is 240 g/mol. The van der Waals surface area contributed by atoms with Crippen LogP contribution in [0.15, 0.2) is 0 Å². The van der Waals surface area contributed by atoms with E-state index in [1.165, 1.54) is 0 Å². The molecule has 1 heterocycles. The van der Waals surface area contributed by atoms with E-state index >= 15 is 0 Å². The molecule has 3 nitrogen and oxygen atoms in total. The van der Waals surface area contributed by atoms with Gasteiger partial charge in [-0.15, -0.1) is 24.0 Å². The van der Waals surface area contributed by atoms with Crippen LogP contribution in [-0.2, 0) is 4.79 Å². The maximum Gasteiger partial charge on any atom is 0.237 e. The average molecular weight is 241 g/mol. The zero-order valence-electron chi connectivity index (χ0n) is 8.70. The Morgan fingerprint density at radius 3 is 2.14 bits per heavy atom. The van der Waals surface area contributed by atoms with Crippen molar-refractivity contribution in [2.45, 2.75) is 19.9 Å². The molecule has 0 bridgehead atoms. The summed E-state index contributed by atoms with van der Waals surface area (Å²) in [6, 6.07) is 0.577. The van der Waals surface area contributed by atoms with Crippen LogP contribution in [0.5, 0.6) is 0 Å². The first-order chi connectivity index (χ1) is 6.15. The Kier molecular flexibility index (Phi) is 6.49. The summed E-state index contributed by atoms with van der Waals surface area (Å²) in [4.78, 5) is 15.4. The van der Waals surface area contributed by atoms with Gasteiger partial charge in [0.25, 0.3) is 0 Å². The van der Waals surface area contributed by atoms with Crippen molar-refractivity contribution in [2.75, 3.05) is 32.1 Å². The van der Waals surface area contributed by atoms with Crippen molar-refractivity contribution in [3.63, 3.8) is 0 Å². The fourth-order valence-electron chi connectivity index (χ4n) is 1.57.